The Kier molecular flexibility index (Phi) is 3.80. The van der Waals surface area contributed by atoms with Crippen LogP contribution in [-0.4, -0.2) is 20.0 Å². The molecule has 0 heterocycles. The lowest BCUT2D eigenvalue weighted by Gasteiger charge is -2.09. The molecule has 0 atom stereocenters. The summed E-state index contributed by atoms with van der Waals surface area (Å²) in [4.78, 5) is 12.2. The summed E-state index contributed by atoms with van der Waals surface area (Å²) in [5.74, 6) is 0.471. The van der Waals surface area contributed by atoms with E-state index in [0.29, 0.717) is 22.6 Å². The van der Waals surface area contributed by atoms with Gasteiger partial charge >= 0.3 is 0 Å². The first-order valence-electron chi connectivity index (χ1n) is 5.68. The first-order chi connectivity index (χ1) is 9.15. The summed E-state index contributed by atoms with van der Waals surface area (Å²) in [6.45, 7) is 0. The van der Waals surface area contributed by atoms with Gasteiger partial charge in [-0.2, -0.15) is 0 Å². The van der Waals surface area contributed by atoms with Crippen molar-refractivity contribution in [3.8, 4) is 11.5 Å². The Morgan fingerprint density at radius 3 is 2.05 bits per heavy atom. The minimum Gasteiger partial charge on any atom is -0.493 e. The molecule has 4 heteroatoms. The smallest absolute Gasteiger partial charge is 0.193 e. The van der Waals surface area contributed by atoms with Crippen molar-refractivity contribution in [2.45, 2.75) is 0 Å². The maximum absolute atomic E-state index is 12.8. The highest BCUT2D eigenvalue weighted by molar-refractivity contribution is 6.09. The van der Waals surface area contributed by atoms with E-state index in [4.69, 9.17) is 9.47 Å². The molecule has 0 saturated heterocycles. The second-order valence-corrected chi connectivity index (χ2v) is 3.91. The number of rotatable bonds is 4. The average Bonchev–Trinajstić information content (AvgIpc) is 2.46. The Hall–Kier alpha value is -2.36. The van der Waals surface area contributed by atoms with E-state index in [9.17, 15) is 9.18 Å². The Labute approximate surface area is 110 Å². The minimum atomic E-state index is -0.371. The van der Waals surface area contributed by atoms with E-state index < -0.39 is 0 Å². The summed E-state index contributed by atoms with van der Waals surface area (Å²) in [7, 11) is 3.03. The molecule has 0 saturated carbocycles. The van der Waals surface area contributed by atoms with Crippen LogP contribution >= 0.6 is 0 Å². The molecule has 2 rings (SSSR count). The van der Waals surface area contributed by atoms with E-state index in [0.717, 1.165) is 0 Å². The molecule has 0 aliphatic heterocycles. The molecule has 0 N–H and O–H groups in total. The topological polar surface area (TPSA) is 35.5 Å². The first-order valence-corrected chi connectivity index (χ1v) is 5.68. The Morgan fingerprint density at radius 2 is 1.47 bits per heavy atom. The highest BCUT2D eigenvalue weighted by Crippen LogP contribution is 2.28. The van der Waals surface area contributed by atoms with Gasteiger partial charge in [-0.05, 0) is 42.5 Å². The van der Waals surface area contributed by atoms with Gasteiger partial charge in [-0.3, -0.25) is 4.79 Å². The maximum Gasteiger partial charge on any atom is 0.193 e. The van der Waals surface area contributed by atoms with Crippen LogP contribution in [0.2, 0.25) is 0 Å². The first kappa shape index (κ1) is 13.1. The molecule has 0 aliphatic carbocycles. The number of hydrogen-bond donors (Lipinski definition) is 0. The number of hydrogen-bond acceptors (Lipinski definition) is 3. The lowest BCUT2D eigenvalue weighted by molar-refractivity contribution is 0.103. The van der Waals surface area contributed by atoms with Gasteiger partial charge in [-0.25, -0.2) is 4.39 Å². The summed E-state index contributed by atoms with van der Waals surface area (Å²) in [6, 6.07) is 10.3. The van der Waals surface area contributed by atoms with E-state index in [-0.39, 0.29) is 11.6 Å². The minimum absolute atomic E-state index is 0.194. The van der Waals surface area contributed by atoms with Gasteiger partial charge in [0.25, 0.3) is 0 Å². The van der Waals surface area contributed by atoms with Gasteiger partial charge in [0, 0.05) is 11.1 Å². The van der Waals surface area contributed by atoms with Crippen LogP contribution in [0.5, 0.6) is 11.5 Å². The third-order valence-electron chi connectivity index (χ3n) is 2.75. The van der Waals surface area contributed by atoms with Crippen LogP contribution in [0.15, 0.2) is 42.5 Å². The summed E-state index contributed by atoms with van der Waals surface area (Å²) >= 11 is 0. The second kappa shape index (κ2) is 5.52. The Morgan fingerprint density at radius 1 is 0.895 bits per heavy atom. The number of ether oxygens (including phenoxy) is 2. The fourth-order valence-electron chi connectivity index (χ4n) is 1.75. The standard InChI is InChI=1S/C15H13FO3/c1-18-13-8-5-11(9-14(13)19-2)15(17)10-3-6-12(16)7-4-10/h3-9H,1-2H3. The molecule has 2 aromatic rings. The Bertz CT molecular complexity index is 591. The largest absolute Gasteiger partial charge is 0.493 e. The zero-order chi connectivity index (χ0) is 13.8. The maximum atomic E-state index is 12.8. The second-order valence-electron chi connectivity index (χ2n) is 3.91. The lowest BCUT2D eigenvalue weighted by atomic mass is 10.0. The van der Waals surface area contributed by atoms with Gasteiger partial charge in [0.15, 0.2) is 17.3 Å². The molecule has 2 aromatic carbocycles. The Balaban J connectivity index is 2.36. The van der Waals surface area contributed by atoms with Crippen LogP contribution in [0.4, 0.5) is 4.39 Å². The molecule has 0 aliphatic rings. The molecule has 98 valence electrons. The molecule has 0 fully saturated rings. The summed E-state index contributed by atoms with van der Waals surface area (Å²) in [6.07, 6.45) is 0. The number of carbonyl (C=O) groups excluding carboxylic acids is 1. The average molecular weight is 260 g/mol. The summed E-state index contributed by atoms with van der Waals surface area (Å²) in [5.41, 5.74) is 0.887. The molecule has 0 spiro atoms. The number of methoxy groups -OCH3 is 2. The molecule has 0 amide bonds. The highest BCUT2D eigenvalue weighted by Gasteiger charge is 2.12. The van der Waals surface area contributed by atoms with Gasteiger partial charge in [-0.15, -0.1) is 0 Å². The van der Waals surface area contributed by atoms with Crippen LogP contribution in [0.3, 0.4) is 0 Å². The van der Waals surface area contributed by atoms with Gasteiger partial charge in [0.2, 0.25) is 0 Å². The molecule has 0 radical (unpaired) electrons. The lowest BCUT2D eigenvalue weighted by Crippen LogP contribution is -2.02. The summed E-state index contributed by atoms with van der Waals surface area (Å²) in [5, 5.41) is 0. The van der Waals surface area contributed by atoms with Crippen molar-refractivity contribution in [3.05, 3.63) is 59.4 Å². The van der Waals surface area contributed by atoms with Crippen molar-refractivity contribution in [2.24, 2.45) is 0 Å². The van der Waals surface area contributed by atoms with Crippen LogP contribution in [0.1, 0.15) is 15.9 Å². The molecule has 0 aromatic heterocycles. The third-order valence-corrected chi connectivity index (χ3v) is 2.75. The fourth-order valence-corrected chi connectivity index (χ4v) is 1.75. The molecule has 3 nitrogen and oxygen atoms in total. The molecule has 0 bridgehead atoms. The number of halogens is 1. The molecular formula is C15H13FO3. The van der Waals surface area contributed by atoms with Gasteiger partial charge in [-0.1, -0.05) is 0 Å². The predicted octanol–water partition coefficient (Wildman–Crippen LogP) is 3.07. The summed E-state index contributed by atoms with van der Waals surface area (Å²) < 4.78 is 23.1. The van der Waals surface area contributed by atoms with Gasteiger partial charge in [0.05, 0.1) is 14.2 Å². The quantitative estimate of drug-likeness (QED) is 0.792. The molecular weight excluding hydrogens is 247 g/mol. The van der Waals surface area contributed by atoms with Crippen molar-refractivity contribution >= 4 is 5.78 Å². The molecule has 0 unspecified atom stereocenters. The van der Waals surface area contributed by atoms with Crippen molar-refractivity contribution < 1.29 is 18.7 Å². The zero-order valence-corrected chi connectivity index (χ0v) is 10.6. The number of carbonyl (C=O) groups is 1. The van der Waals surface area contributed by atoms with E-state index in [1.165, 1.54) is 38.5 Å². The van der Waals surface area contributed by atoms with Crippen molar-refractivity contribution in [1.29, 1.82) is 0 Å². The van der Waals surface area contributed by atoms with Crippen LogP contribution in [-0.2, 0) is 0 Å². The van der Waals surface area contributed by atoms with Gasteiger partial charge < -0.3 is 9.47 Å². The monoisotopic (exact) mass is 260 g/mol. The highest BCUT2D eigenvalue weighted by atomic mass is 19.1. The number of benzene rings is 2. The van der Waals surface area contributed by atoms with Crippen LogP contribution in [0, 0.1) is 5.82 Å². The van der Waals surface area contributed by atoms with Crippen molar-refractivity contribution in [1.82, 2.24) is 0 Å². The van der Waals surface area contributed by atoms with E-state index >= 15 is 0 Å². The normalized spacial score (nSPS) is 10.1. The predicted molar refractivity (Wildman–Crippen MR) is 69.4 cm³/mol. The fraction of sp³-hybridized carbons (Fsp3) is 0.133. The SMILES string of the molecule is COc1ccc(C(=O)c2ccc(F)cc2)cc1OC. The molecule has 19 heavy (non-hydrogen) atoms. The van der Waals surface area contributed by atoms with Crippen molar-refractivity contribution in [3.63, 3.8) is 0 Å². The zero-order valence-electron chi connectivity index (χ0n) is 10.6. The van der Waals surface area contributed by atoms with E-state index in [1.807, 2.05) is 0 Å². The van der Waals surface area contributed by atoms with Crippen molar-refractivity contribution in [2.75, 3.05) is 14.2 Å². The van der Waals surface area contributed by atoms with Crippen LogP contribution in [0.25, 0.3) is 0 Å². The van der Waals surface area contributed by atoms with Crippen LogP contribution < -0.4 is 9.47 Å². The van der Waals surface area contributed by atoms with E-state index in [1.54, 1.807) is 18.2 Å². The van der Waals surface area contributed by atoms with Gasteiger partial charge in [0.1, 0.15) is 5.82 Å². The van der Waals surface area contributed by atoms with E-state index in [2.05, 4.69) is 0 Å². The number of ketones is 1. The third kappa shape index (κ3) is 2.73.